The third-order valence-corrected chi connectivity index (χ3v) is 4.46. The molecule has 10 heteroatoms. The van der Waals surface area contributed by atoms with Crippen molar-refractivity contribution in [3.63, 3.8) is 0 Å². The molecule has 0 aliphatic rings. The molecule has 0 atom stereocenters. The summed E-state index contributed by atoms with van der Waals surface area (Å²) in [5.41, 5.74) is 3.51. The molecule has 186 valence electrons. The minimum atomic E-state index is -4.76. The molecule has 0 saturated carbocycles. The Labute approximate surface area is 197 Å². The molecule has 0 bridgehead atoms. The Bertz CT molecular complexity index is 1030. The minimum absolute atomic E-state index is 0.00733. The average molecular weight is 482 g/mol. The first-order chi connectivity index (χ1) is 16.1. The van der Waals surface area contributed by atoms with Crippen LogP contribution in [0.5, 0.6) is 5.75 Å². The molecule has 0 aromatic heterocycles. The van der Waals surface area contributed by atoms with Crippen molar-refractivity contribution >= 4 is 17.4 Å². The zero-order valence-corrected chi connectivity index (χ0v) is 20.2. The highest BCUT2D eigenvalue weighted by molar-refractivity contribution is 6.43. The van der Waals surface area contributed by atoms with Crippen molar-refractivity contribution in [2.24, 2.45) is 10.3 Å². The van der Waals surface area contributed by atoms with Gasteiger partial charge in [-0.25, -0.2) is 4.79 Å². The Kier molecular flexibility index (Phi) is 11.1. The number of benzene rings is 2. The van der Waals surface area contributed by atoms with E-state index in [1.165, 1.54) is 32.4 Å². The van der Waals surface area contributed by atoms with Gasteiger partial charge in [-0.1, -0.05) is 42.4 Å². The molecule has 2 rings (SSSR count). The van der Waals surface area contributed by atoms with E-state index >= 15 is 0 Å². The van der Waals surface area contributed by atoms with Crippen molar-refractivity contribution in [2.75, 3.05) is 14.2 Å². The summed E-state index contributed by atoms with van der Waals surface area (Å²) >= 11 is 0. The van der Waals surface area contributed by atoms with Gasteiger partial charge in [-0.3, -0.25) is 0 Å². The van der Waals surface area contributed by atoms with Gasteiger partial charge in [0.25, 0.3) is 0 Å². The molecule has 0 aliphatic carbocycles. The van der Waals surface area contributed by atoms with Gasteiger partial charge in [0.05, 0.1) is 12.8 Å². The summed E-state index contributed by atoms with van der Waals surface area (Å²) in [5.74, 6) is -0.986. The third kappa shape index (κ3) is 8.09. The largest absolute Gasteiger partial charge is 0.573 e. The first-order valence-electron chi connectivity index (χ1n) is 10.4. The number of aryl methyl sites for hydroxylation is 2. The summed E-state index contributed by atoms with van der Waals surface area (Å²) in [6.45, 7) is 9.15. The van der Waals surface area contributed by atoms with Crippen LogP contribution in [0.15, 0.2) is 46.7 Å². The summed E-state index contributed by atoms with van der Waals surface area (Å²) in [4.78, 5) is 22.4. The second-order valence-electron chi connectivity index (χ2n) is 6.69. The highest BCUT2D eigenvalue weighted by Crippen LogP contribution is 2.25. The zero-order chi connectivity index (χ0) is 25.9. The van der Waals surface area contributed by atoms with E-state index in [0.29, 0.717) is 28.0 Å². The molecule has 0 saturated heterocycles. The van der Waals surface area contributed by atoms with E-state index in [0.717, 1.165) is 5.56 Å². The molecule has 0 spiro atoms. The highest BCUT2D eigenvalue weighted by Gasteiger charge is 2.31. The molecule has 0 amide bonds. The number of carbonyl (C=O) groups is 1. The maximum Gasteiger partial charge on any atom is 0.573 e. The van der Waals surface area contributed by atoms with Crippen molar-refractivity contribution in [3.8, 4) is 5.75 Å². The molecule has 0 unspecified atom stereocenters. The lowest BCUT2D eigenvalue weighted by atomic mass is 9.99. The highest BCUT2D eigenvalue weighted by atomic mass is 19.4. The Morgan fingerprint density at radius 2 is 1.65 bits per heavy atom. The molecule has 0 radical (unpaired) electrons. The third-order valence-electron chi connectivity index (χ3n) is 4.46. The van der Waals surface area contributed by atoms with Gasteiger partial charge in [0.15, 0.2) is 5.71 Å². The predicted octanol–water partition coefficient (Wildman–Crippen LogP) is 5.69. The maximum absolute atomic E-state index is 12.4. The Hall–Kier alpha value is -3.56. The first kappa shape index (κ1) is 28.5. The van der Waals surface area contributed by atoms with Crippen LogP contribution in [0.3, 0.4) is 0 Å². The summed E-state index contributed by atoms with van der Waals surface area (Å²) in [7, 11) is 2.55. The smallest absolute Gasteiger partial charge is 0.464 e. The SMILES string of the molecule is CC.CO/N=C(/C(=O)OC)c1cccc(C)c1CO/N=C(\C)c1ccc(OC(F)(F)F)cc1C. The van der Waals surface area contributed by atoms with Crippen molar-refractivity contribution in [1.82, 2.24) is 0 Å². The lowest BCUT2D eigenvalue weighted by molar-refractivity contribution is -0.274. The monoisotopic (exact) mass is 482 g/mol. The van der Waals surface area contributed by atoms with Gasteiger partial charge < -0.3 is 19.1 Å². The van der Waals surface area contributed by atoms with Gasteiger partial charge in [0, 0.05) is 16.7 Å². The van der Waals surface area contributed by atoms with E-state index in [4.69, 9.17) is 14.4 Å². The number of esters is 1. The average Bonchev–Trinajstić information content (AvgIpc) is 2.78. The van der Waals surface area contributed by atoms with Gasteiger partial charge in [-0.15, -0.1) is 13.2 Å². The van der Waals surface area contributed by atoms with E-state index in [-0.39, 0.29) is 18.1 Å². The number of hydrogen-bond acceptors (Lipinski definition) is 7. The van der Waals surface area contributed by atoms with Crippen molar-refractivity contribution in [1.29, 1.82) is 0 Å². The molecule has 0 N–H and O–H groups in total. The van der Waals surface area contributed by atoms with E-state index in [1.807, 2.05) is 26.8 Å². The van der Waals surface area contributed by atoms with Crippen LogP contribution in [-0.4, -0.2) is 38.0 Å². The van der Waals surface area contributed by atoms with Gasteiger partial charge >= 0.3 is 12.3 Å². The van der Waals surface area contributed by atoms with Crippen LogP contribution < -0.4 is 4.74 Å². The van der Waals surface area contributed by atoms with Crippen molar-refractivity contribution in [3.05, 3.63) is 64.2 Å². The van der Waals surface area contributed by atoms with Crippen LogP contribution in [0.4, 0.5) is 13.2 Å². The number of carbonyl (C=O) groups excluding carboxylic acids is 1. The fourth-order valence-electron chi connectivity index (χ4n) is 2.98. The molecule has 2 aromatic rings. The van der Waals surface area contributed by atoms with Gasteiger partial charge in [-0.2, -0.15) is 0 Å². The Balaban J connectivity index is 0.00000281. The summed E-state index contributed by atoms with van der Waals surface area (Å²) < 4.78 is 45.9. The number of alkyl halides is 3. The summed E-state index contributed by atoms with van der Waals surface area (Å²) in [6.07, 6.45) is -4.76. The van der Waals surface area contributed by atoms with Crippen LogP contribution in [-0.2, 0) is 25.8 Å². The molecular weight excluding hydrogens is 453 g/mol. The van der Waals surface area contributed by atoms with Gasteiger partial charge in [0.2, 0.25) is 0 Å². The number of rotatable bonds is 8. The Morgan fingerprint density at radius 1 is 0.971 bits per heavy atom. The van der Waals surface area contributed by atoms with E-state index in [9.17, 15) is 18.0 Å². The predicted molar refractivity (Wildman–Crippen MR) is 123 cm³/mol. The lowest BCUT2D eigenvalue weighted by Gasteiger charge is -2.13. The van der Waals surface area contributed by atoms with Crippen LogP contribution in [0.1, 0.15) is 48.6 Å². The van der Waals surface area contributed by atoms with Crippen LogP contribution in [0.25, 0.3) is 0 Å². The van der Waals surface area contributed by atoms with Crippen LogP contribution >= 0.6 is 0 Å². The summed E-state index contributed by atoms with van der Waals surface area (Å²) in [6, 6.07) is 9.22. The minimum Gasteiger partial charge on any atom is -0.464 e. The number of methoxy groups -OCH3 is 1. The molecule has 0 aliphatic heterocycles. The maximum atomic E-state index is 12.4. The normalized spacial score (nSPS) is 11.8. The standard InChI is InChI=1S/C22H23F3N2O5.C2H6/c1-13-7-6-8-18(20(27-30-5)21(28)29-4)19(13)12-31-26-15(3)17-10-9-16(11-14(17)2)32-22(23,24)25;1-2/h6-11H,12H2,1-5H3;1-2H3/b26-15+,27-20+;. The molecular formula is C24H29F3N2O5. The fourth-order valence-corrected chi connectivity index (χ4v) is 2.98. The Morgan fingerprint density at radius 3 is 2.21 bits per heavy atom. The van der Waals surface area contributed by atoms with Crippen molar-refractivity contribution in [2.45, 2.75) is 47.6 Å². The number of hydrogen-bond donors (Lipinski definition) is 0. The molecule has 0 heterocycles. The number of halogens is 3. The molecule has 2 aromatic carbocycles. The van der Waals surface area contributed by atoms with Crippen molar-refractivity contribution < 1.29 is 37.1 Å². The summed E-state index contributed by atoms with van der Waals surface area (Å²) in [5, 5.41) is 7.84. The molecule has 34 heavy (non-hydrogen) atoms. The molecule has 0 fully saturated rings. The first-order valence-corrected chi connectivity index (χ1v) is 10.4. The topological polar surface area (TPSA) is 78.7 Å². The second kappa shape index (κ2) is 13.2. The number of nitrogens with zero attached hydrogens (tertiary/aromatic N) is 2. The molecule has 7 nitrogen and oxygen atoms in total. The van der Waals surface area contributed by atoms with Crippen LogP contribution in [0.2, 0.25) is 0 Å². The zero-order valence-electron chi connectivity index (χ0n) is 20.2. The number of oxime groups is 2. The van der Waals surface area contributed by atoms with E-state index < -0.39 is 12.3 Å². The number of ether oxygens (including phenoxy) is 2. The fraction of sp³-hybridized carbons (Fsp3) is 0.375. The van der Waals surface area contributed by atoms with Crippen LogP contribution in [0, 0.1) is 13.8 Å². The second-order valence-corrected chi connectivity index (χ2v) is 6.69. The van der Waals surface area contributed by atoms with E-state index in [2.05, 4.69) is 15.0 Å². The quantitative estimate of drug-likeness (QED) is 0.274. The van der Waals surface area contributed by atoms with Gasteiger partial charge in [-0.05, 0) is 50.1 Å². The lowest BCUT2D eigenvalue weighted by Crippen LogP contribution is -2.20. The van der Waals surface area contributed by atoms with E-state index in [1.54, 1.807) is 26.0 Å². The van der Waals surface area contributed by atoms with Gasteiger partial charge in [0.1, 0.15) is 19.5 Å².